The summed E-state index contributed by atoms with van der Waals surface area (Å²) in [5.74, 6) is 0.0455. The Morgan fingerprint density at radius 2 is 1.75 bits per heavy atom. The third-order valence-electron chi connectivity index (χ3n) is 7.09. The molecule has 0 spiro atoms. The Kier molecular flexibility index (Phi) is 7.41. The fraction of sp³-hybridized carbons (Fsp3) is 0.393. The van der Waals surface area contributed by atoms with Crippen LogP contribution in [0.5, 0.6) is 5.75 Å². The second kappa shape index (κ2) is 11.0. The lowest BCUT2D eigenvalue weighted by atomic mass is 9.90. The van der Waals surface area contributed by atoms with E-state index < -0.39 is 5.82 Å². The summed E-state index contributed by atoms with van der Waals surface area (Å²) in [6, 6.07) is 14.4. The number of ether oxygens (including phenoxy) is 1. The fourth-order valence-electron chi connectivity index (χ4n) is 5.07. The predicted octanol–water partition coefficient (Wildman–Crippen LogP) is 3.22. The first-order chi connectivity index (χ1) is 17.6. The molecule has 0 radical (unpaired) electrons. The number of piperazine rings is 1. The SMILES string of the molecule is O=C(c1cc(Cc2n[nH]c(=O)c3c2CCCC3)ccc1F)N1CCN(CCOc2ccccc2)CC1. The van der Waals surface area contributed by atoms with E-state index in [0.717, 1.165) is 73.5 Å². The number of nitrogens with one attached hydrogen (secondary N) is 1. The van der Waals surface area contributed by atoms with Crippen LogP contribution in [0.15, 0.2) is 53.3 Å². The molecule has 1 aliphatic carbocycles. The van der Waals surface area contributed by atoms with Gasteiger partial charge < -0.3 is 9.64 Å². The van der Waals surface area contributed by atoms with Crippen LogP contribution in [-0.4, -0.2) is 65.2 Å². The van der Waals surface area contributed by atoms with Crippen molar-refractivity contribution in [1.82, 2.24) is 20.0 Å². The van der Waals surface area contributed by atoms with Gasteiger partial charge in [-0.05, 0) is 61.1 Å². The Labute approximate surface area is 209 Å². The third-order valence-corrected chi connectivity index (χ3v) is 7.09. The molecule has 1 amide bonds. The number of amides is 1. The van der Waals surface area contributed by atoms with E-state index in [2.05, 4.69) is 15.1 Å². The summed E-state index contributed by atoms with van der Waals surface area (Å²) >= 11 is 0. The monoisotopic (exact) mass is 490 g/mol. The zero-order valence-electron chi connectivity index (χ0n) is 20.3. The van der Waals surface area contributed by atoms with Gasteiger partial charge in [-0.1, -0.05) is 24.3 Å². The summed E-state index contributed by atoms with van der Waals surface area (Å²) in [7, 11) is 0. The van der Waals surface area contributed by atoms with Crippen LogP contribution in [0.3, 0.4) is 0 Å². The summed E-state index contributed by atoms with van der Waals surface area (Å²) in [4.78, 5) is 29.3. The molecule has 7 nitrogen and oxygen atoms in total. The number of H-pyrrole nitrogens is 1. The highest BCUT2D eigenvalue weighted by molar-refractivity contribution is 5.94. The molecule has 1 fully saturated rings. The van der Waals surface area contributed by atoms with Crippen LogP contribution in [0, 0.1) is 5.82 Å². The molecule has 188 valence electrons. The van der Waals surface area contributed by atoms with Crippen molar-refractivity contribution in [3.63, 3.8) is 0 Å². The molecule has 2 heterocycles. The number of carbonyl (C=O) groups excluding carboxylic acids is 1. The standard InChI is InChI=1S/C28H31FN4O3/c29-25-11-10-20(19-26-22-8-4-5-9-23(22)27(34)31-30-26)18-24(25)28(35)33-14-12-32(13-15-33)16-17-36-21-6-2-1-3-7-21/h1-3,6-7,10-11,18H,4-5,8-9,12-17,19H2,(H,31,34). The summed E-state index contributed by atoms with van der Waals surface area (Å²) in [6.07, 6.45) is 4.08. The number of fused-ring (bicyclic) bond motifs is 1. The van der Waals surface area contributed by atoms with Gasteiger partial charge in [-0.3, -0.25) is 14.5 Å². The van der Waals surface area contributed by atoms with Gasteiger partial charge in [-0.2, -0.15) is 5.10 Å². The lowest BCUT2D eigenvalue weighted by molar-refractivity contribution is 0.0615. The summed E-state index contributed by atoms with van der Waals surface area (Å²) in [6.45, 7) is 3.89. The van der Waals surface area contributed by atoms with Gasteiger partial charge in [0.05, 0.1) is 11.3 Å². The molecule has 5 rings (SSSR count). The molecule has 2 aromatic carbocycles. The summed E-state index contributed by atoms with van der Waals surface area (Å²) < 4.78 is 20.5. The molecule has 0 saturated carbocycles. The lowest BCUT2D eigenvalue weighted by Crippen LogP contribution is -2.49. The molecule has 2 aliphatic rings. The van der Waals surface area contributed by atoms with Crippen molar-refractivity contribution >= 4 is 5.91 Å². The average Bonchev–Trinajstić information content (AvgIpc) is 2.92. The van der Waals surface area contributed by atoms with Crippen molar-refractivity contribution in [2.75, 3.05) is 39.3 Å². The van der Waals surface area contributed by atoms with Crippen LogP contribution in [0.4, 0.5) is 4.39 Å². The molecule has 3 aromatic rings. The number of rotatable bonds is 7. The minimum Gasteiger partial charge on any atom is -0.492 e. The maximum absolute atomic E-state index is 14.7. The smallest absolute Gasteiger partial charge is 0.267 e. The van der Waals surface area contributed by atoms with E-state index >= 15 is 0 Å². The lowest BCUT2D eigenvalue weighted by Gasteiger charge is -2.34. The van der Waals surface area contributed by atoms with E-state index in [9.17, 15) is 14.0 Å². The van der Waals surface area contributed by atoms with Gasteiger partial charge in [0.1, 0.15) is 18.2 Å². The first-order valence-electron chi connectivity index (χ1n) is 12.7. The molecule has 36 heavy (non-hydrogen) atoms. The average molecular weight is 491 g/mol. The predicted molar refractivity (Wildman–Crippen MR) is 135 cm³/mol. The van der Waals surface area contributed by atoms with Crippen LogP contribution in [0.25, 0.3) is 0 Å². The minimum atomic E-state index is -0.515. The van der Waals surface area contributed by atoms with Crippen LogP contribution < -0.4 is 10.3 Å². The van der Waals surface area contributed by atoms with Crippen molar-refractivity contribution in [3.8, 4) is 5.75 Å². The molecule has 1 saturated heterocycles. The Morgan fingerprint density at radius 3 is 2.53 bits per heavy atom. The number of aromatic amines is 1. The number of benzene rings is 2. The highest BCUT2D eigenvalue weighted by atomic mass is 19.1. The molecule has 1 aliphatic heterocycles. The molecular formula is C28H31FN4O3. The van der Waals surface area contributed by atoms with E-state index in [1.54, 1.807) is 17.0 Å². The van der Waals surface area contributed by atoms with Gasteiger partial charge in [0.25, 0.3) is 11.5 Å². The van der Waals surface area contributed by atoms with Crippen molar-refractivity contribution in [3.05, 3.63) is 92.6 Å². The highest BCUT2D eigenvalue weighted by Crippen LogP contribution is 2.23. The molecular weight excluding hydrogens is 459 g/mol. The molecule has 1 aromatic heterocycles. The van der Waals surface area contributed by atoms with E-state index in [0.29, 0.717) is 26.1 Å². The number of aromatic nitrogens is 2. The normalized spacial score (nSPS) is 16.0. The van der Waals surface area contributed by atoms with Gasteiger partial charge in [-0.15, -0.1) is 0 Å². The highest BCUT2D eigenvalue weighted by Gasteiger charge is 2.25. The Bertz CT molecular complexity index is 1270. The van der Waals surface area contributed by atoms with E-state index in [1.165, 1.54) is 6.07 Å². The fourth-order valence-corrected chi connectivity index (χ4v) is 5.07. The Morgan fingerprint density at radius 1 is 1.00 bits per heavy atom. The number of nitrogens with zero attached hydrogens (tertiary/aromatic N) is 3. The van der Waals surface area contributed by atoms with Crippen LogP contribution in [0.1, 0.15) is 45.6 Å². The Balaban J connectivity index is 1.20. The van der Waals surface area contributed by atoms with Crippen LogP contribution in [-0.2, 0) is 19.3 Å². The van der Waals surface area contributed by atoms with E-state index in [1.807, 2.05) is 30.3 Å². The number of hydrogen-bond acceptors (Lipinski definition) is 5. The second-order valence-corrected chi connectivity index (χ2v) is 9.45. The second-order valence-electron chi connectivity index (χ2n) is 9.45. The maximum Gasteiger partial charge on any atom is 0.267 e. The van der Waals surface area contributed by atoms with Crippen LogP contribution >= 0.6 is 0 Å². The quantitative estimate of drug-likeness (QED) is 0.550. The largest absolute Gasteiger partial charge is 0.492 e. The number of carbonyl (C=O) groups is 1. The van der Waals surface area contributed by atoms with Crippen LogP contribution in [0.2, 0.25) is 0 Å². The number of para-hydroxylation sites is 1. The van der Waals surface area contributed by atoms with Gasteiger partial charge in [-0.25, -0.2) is 9.49 Å². The topological polar surface area (TPSA) is 78.5 Å². The Hall–Kier alpha value is -3.52. The molecule has 0 bridgehead atoms. The maximum atomic E-state index is 14.7. The molecule has 8 heteroatoms. The van der Waals surface area contributed by atoms with E-state index in [4.69, 9.17) is 4.74 Å². The summed E-state index contributed by atoms with van der Waals surface area (Å²) in [5, 5.41) is 6.89. The van der Waals surface area contributed by atoms with Crippen molar-refractivity contribution in [2.24, 2.45) is 0 Å². The summed E-state index contributed by atoms with van der Waals surface area (Å²) in [5.41, 5.74) is 3.41. The van der Waals surface area contributed by atoms with Crippen molar-refractivity contribution < 1.29 is 13.9 Å². The number of halogens is 1. The minimum absolute atomic E-state index is 0.0895. The molecule has 1 N–H and O–H groups in total. The zero-order chi connectivity index (χ0) is 24.9. The molecule has 0 atom stereocenters. The zero-order valence-corrected chi connectivity index (χ0v) is 20.3. The first-order valence-corrected chi connectivity index (χ1v) is 12.7. The van der Waals surface area contributed by atoms with Gasteiger partial charge >= 0.3 is 0 Å². The van der Waals surface area contributed by atoms with E-state index in [-0.39, 0.29) is 17.0 Å². The number of hydrogen-bond donors (Lipinski definition) is 1. The molecule has 0 unspecified atom stereocenters. The van der Waals surface area contributed by atoms with Crippen molar-refractivity contribution in [2.45, 2.75) is 32.1 Å². The van der Waals surface area contributed by atoms with Crippen molar-refractivity contribution in [1.29, 1.82) is 0 Å². The third kappa shape index (κ3) is 5.49. The van der Waals surface area contributed by atoms with Gasteiger partial charge in [0.15, 0.2) is 0 Å². The van der Waals surface area contributed by atoms with Gasteiger partial charge in [0.2, 0.25) is 0 Å². The first kappa shape index (κ1) is 24.2. The van der Waals surface area contributed by atoms with Gasteiger partial charge in [0, 0.05) is 44.7 Å².